The van der Waals surface area contributed by atoms with Crippen molar-refractivity contribution in [3.63, 3.8) is 0 Å². The number of carbonyl (C=O) groups is 3. The minimum Gasteiger partial charge on any atom is -0.451 e. The van der Waals surface area contributed by atoms with Gasteiger partial charge in [-0.1, -0.05) is 24.3 Å². The second kappa shape index (κ2) is 9.03. The van der Waals surface area contributed by atoms with Crippen molar-refractivity contribution in [3.8, 4) is 0 Å². The van der Waals surface area contributed by atoms with Crippen LogP contribution in [0.4, 0.5) is 18.9 Å². The van der Waals surface area contributed by atoms with E-state index < -0.39 is 42.2 Å². The fraction of sp³-hybridized carbons (Fsp3) is 0.211. The lowest BCUT2D eigenvalue weighted by Crippen LogP contribution is -2.35. The molecule has 2 amide bonds. The Labute approximate surface area is 158 Å². The molecule has 2 aromatic rings. The van der Waals surface area contributed by atoms with E-state index in [1.165, 1.54) is 13.0 Å². The van der Waals surface area contributed by atoms with Crippen LogP contribution in [-0.2, 0) is 20.5 Å². The number of hydrogen-bond acceptors (Lipinski definition) is 4. The van der Waals surface area contributed by atoms with Crippen LogP contribution in [0.3, 0.4) is 0 Å². The Morgan fingerprint density at radius 3 is 2.36 bits per heavy atom. The Morgan fingerprint density at radius 1 is 1.04 bits per heavy atom. The predicted molar refractivity (Wildman–Crippen MR) is 94.4 cm³/mol. The number of ether oxygens (including phenoxy) is 1. The SMILES string of the molecule is C[C@@H](OC(=O)CNC(=O)c1ccccc1)C(=O)Nc1cccc(C(F)(F)F)c1. The van der Waals surface area contributed by atoms with Gasteiger partial charge in [0.15, 0.2) is 6.10 Å². The maximum Gasteiger partial charge on any atom is 0.416 e. The summed E-state index contributed by atoms with van der Waals surface area (Å²) in [5.41, 5.74) is -0.649. The van der Waals surface area contributed by atoms with Gasteiger partial charge in [-0.3, -0.25) is 14.4 Å². The Kier molecular flexibility index (Phi) is 6.75. The molecule has 0 aliphatic carbocycles. The van der Waals surface area contributed by atoms with E-state index in [1.807, 2.05) is 0 Å². The molecule has 0 aromatic heterocycles. The number of amides is 2. The average molecular weight is 394 g/mol. The molecule has 148 valence electrons. The summed E-state index contributed by atoms with van der Waals surface area (Å²) in [5, 5.41) is 4.59. The number of rotatable bonds is 6. The highest BCUT2D eigenvalue weighted by Crippen LogP contribution is 2.30. The maximum atomic E-state index is 12.7. The molecule has 0 saturated carbocycles. The van der Waals surface area contributed by atoms with Crippen LogP contribution in [0.5, 0.6) is 0 Å². The molecular weight excluding hydrogens is 377 g/mol. The summed E-state index contributed by atoms with van der Waals surface area (Å²) in [6.07, 6.45) is -5.81. The predicted octanol–water partition coefficient (Wildman–Crippen LogP) is 3.01. The van der Waals surface area contributed by atoms with Crippen LogP contribution in [-0.4, -0.2) is 30.4 Å². The van der Waals surface area contributed by atoms with E-state index >= 15 is 0 Å². The van der Waals surface area contributed by atoms with Gasteiger partial charge in [-0.2, -0.15) is 13.2 Å². The molecular formula is C19H17F3N2O4. The Hall–Kier alpha value is -3.36. The van der Waals surface area contributed by atoms with Crippen LogP contribution in [0.2, 0.25) is 0 Å². The van der Waals surface area contributed by atoms with E-state index in [4.69, 9.17) is 4.74 Å². The van der Waals surface area contributed by atoms with Crippen molar-refractivity contribution >= 4 is 23.5 Å². The number of anilines is 1. The van der Waals surface area contributed by atoms with Gasteiger partial charge in [0.2, 0.25) is 0 Å². The minimum atomic E-state index is -4.55. The van der Waals surface area contributed by atoms with Crippen LogP contribution >= 0.6 is 0 Å². The van der Waals surface area contributed by atoms with E-state index in [0.29, 0.717) is 5.56 Å². The maximum absolute atomic E-state index is 12.7. The van der Waals surface area contributed by atoms with Crippen LogP contribution in [0.25, 0.3) is 0 Å². The van der Waals surface area contributed by atoms with E-state index in [9.17, 15) is 27.6 Å². The number of benzene rings is 2. The lowest BCUT2D eigenvalue weighted by Gasteiger charge is -2.15. The first-order chi connectivity index (χ1) is 13.2. The molecule has 0 saturated heterocycles. The first-order valence-corrected chi connectivity index (χ1v) is 8.17. The summed E-state index contributed by atoms with van der Waals surface area (Å²) >= 11 is 0. The van der Waals surface area contributed by atoms with E-state index in [-0.39, 0.29) is 5.69 Å². The van der Waals surface area contributed by atoms with Gasteiger partial charge in [0.05, 0.1) is 5.56 Å². The molecule has 0 aliphatic heterocycles. The average Bonchev–Trinajstić information content (AvgIpc) is 2.66. The molecule has 1 atom stereocenters. The quantitative estimate of drug-likeness (QED) is 0.738. The lowest BCUT2D eigenvalue weighted by atomic mass is 10.2. The van der Waals surface area contributed by atoms with Gasteiger partial charge in [0.1, 0.15) is 6.54 Å². The van der Waals surface area contributed by atoms with Gasteiger partial charge < -0.3 is 15.4 Å². The highest BCUT2D eigenvalue weighted by atomic mass is 19.4. The summed E-state index contributed by atoms with van der Waals surface area (Å²) in [5.74, 6) is -2.16. The zero-order valence-corrected chi connectivity index (χ0v) is 14.7. The second-order valence-electron chi connectivity index (χ2n) is 5.75. The van der Waals surface area contributed by atoms with Crippen LogP contribution < -0.4 is 10.6 Å². The Bertz CT molecular complexity index is 854. The highest BCUT2D eigenvalue weighted by molar-refractivity contribution is 5.97. The smallest absolute Gasteiger partial charge is 0.416 e. The normalized spacial score (nSPS) is 12.0. The minimum absolute atomic E-state index is 0.0832. The van der Waals surface area contributed by atoms with Crippen molar-refractivity contribution < 1.29 is 32.3 Å². The molecule has 0 heterocycles. The fourth-order valence-corrected chi connectivity index (χ4v) is 2.15. The number of hydrogen-bond donors (Lipinski definition) is 2. The topological polar surface area (TPSA) is 84.5 Å². The largest absolute Gasteiger partial charge is 0.451 e. The third kappa shape index (κ3) is 6.11. The first kappa shape index (κ1) is 20.9. The number of esters is 1. The molecule has 0 unspecified atom stereocenters. The molecule has 0 spiro atoms. The standard InChI is InChI=1S/C19H17F3N2O4/c1-12(17(26)24-15-9-5-8-14(10-15)19(20,21)22)28-16(25)11-23-18(27)13-6-3-2-4-7-13/h2-10,12H,11H2,1H3,(H,23,27)(H,24,26)/t12-/m1/s1. The van der Waals surface area contributed by atoms with Gasteiger partial charge in [-0.15, -0.1) is 0 Å². The number of nitrogens with one attached hydrogen (secondary N) is 2. The molecule has 0 fully saturated rings. The van der Waals surface area contributed by atoms with Crippen LogP contribution in [0.1, 0.15) is 22.8 Å². The van der Waals surface area contributed by atoms with Crippen molar-refractivity contribution in [2.45, 2.75) is 19.2 Å². The summed E-state index contributed by atoms with van der Waals surface area (Å²) in [4.78, 5) is 35.6. The Balaban J connectivity index is 1.85. The Morgan fingerprint density at radius 2 is 1.71 bits per heavy atom. The summed E-state index contributed by atoms with van der Waals surface area (Å²) in [7, 11) is 0. The van der Waals surface area contributed by atoms with Crippen molar-refractivity contribution in [2.75, 3.05) is 11.9 Å². The van der Waals surface area contributed by atoms with Crippen LogP contribution in [0, 0.1) is 0 Å². The van der Waals surface area contributed by atoms with Gasteiger partial charge in [-0.05, 0) is 37.3 Å². The van der Waals surface area contributed by atoms with Gasteiger partial charge >= 0.3 is 12.1 Å². The third-order valence-electron chi connectivity index (χ3n) is 3.56. The zero-order chi connectivity index (χ0) is 20.7. The van der Waals surface area contributed by atoms with Crippen LogP contribution in [0.15, 0.2) is 54.6 Å². The molecule has 9 heteroatoms. The lowest BCUT2D eigenvalue weighted by molar-refractivity contribution is -0.152. The van der Waals surface area contributed by atoms with Crippen molar-refractivity contribution in [2.24, 2.45) is 0 Å². The summed E-state index contributed by atoms with van der Waals surface area (Å²) in [6.45, 7) is 0.800. The number of alkyl halides is 3. The molecule has 0 bridgehead atoms. The van der Waals surface area contributed by atoms with Gasteiger partial charge in [0, 0.05) is 11.3 Å². The monoisotopic (exact) mass is 394 g/mol. The zero-order valence-electron chi connectivity index (χ0n) is 14.7. The summed E-state index contributed by atoms with van der Waals surface area (Å²) in [6, 6.07) is 12.2. The second-order valence-corrected chi connectivity index (χ2v) is 5.75. The molecule has 2 aromatic carbocycles. The molecule has 0 aliphatic rings. The molecule has 28 heavy (non-hydrogen) atoms. The third-order valence-corrected chi connectivity index (χ3v) is 3.56. The molecule has 6 nitrogen and oxygen atoms in total. The number of carbonyl (C=O) groups excluding carboxylic acids is 3. The van der Waals surface area contributed by atoms with E-state index in [2.05, 4.69) is 10.6 Å². The van der Waals surface area contributed by atoms with Gasteiger partial charge in [0.25, 0.3) is 11.8 Å². The van der Waals surface area contributed by atoms with Crippen molar-refractivity contribution in [1.82, 2.24) is 5.32 Å². The van der Waals surface area contributed by atoms with Gasteiger partial charge in [-0.25, -0.2) is 0 Å². The van der Waals surface area contributed by atoms with Crippen molar-refractivity contribution in [1.29, 1.82) is 0 Å². The number of halogens is 3. The fourth-order valence-electron chi connectivity index (χ4n) is 2.15. The van der Waals surface area contributed by atoms with Crippen molar-refractivity contribution in [3.05, 3.63) is 65.7 Å². The van der Waals surface area contributed by atoms with E-state index in [0.717, 1.165) is 18.2 Å². The molecule has 2 rings (SSSR count). The highest BCUT2D eigenvalue weighted by Gasteiger charge is 2.30. The summed E-state index contributed by atoms with van der Waals surface area (Å²) < 4.78 is 43.0. The first-order valence-electron chi connectivity index (χ1n) is 8.17. The van der Waals surface area contributed by atoms with E-state index in [1.54, 1.807) is 30.3 Å². The molecule has 0 radical (unpaired) electrons. The molecule has 2 N–H and O–H groups in total.